The van der Waals surface area contributed by atoms with Crippen LogP contribution >= 0.6 is 0 Å². The van der Waals surface area contributed by atoms with Crippen molar-refractivity contribution < 1.29 is 9.90 Å². The number of phenols is 1. The molecule has 0 spiro atoms. The van der Waals surface area contributed by atoms with E-state index < -0.39 is 0 Å². The van der Waals surface area contributed by atoms with Crippen molar-refractivity contribution in [3.05, 3.63) is 24.3 Å². The summed E-state index contributed by atoms with van der Waals surface area (Å²) in [5.41, 5.74) is 1.05. The average Bonchev–Trinajstić information content (AvgIpc) is 2.45. The summed E-state index contributed by atoms with van der Waals surface area (Å²) in [5.74, 6) is 0.441. The third kappa shape index (κ3) is 4.63. The fraction of sp³-hybridized carbons (Fsp3) is 0.562. The second-order valence-electron chi connectivity index (χ2n) is 6.49. The maximum atomic E-state index is 12.1. The molecule has 0 unspecified atom stereocenters. The van der Waals surface area contributed by atoms with Crippen LogP contribution in [0.25, 0.3) is 0 Å². The minimum Gasteiger partial charge on any atom is -0.508 e. The monoisotopic (exact) mass is 291 g/mol. The number of benzene rings is 1. The number of aromatic hydroxyl groups is 1. The SMILES string of the molecule is CC(C)(C)NCC(=O)N1CCN(c2ccc(O)cc2)CC1. The molecule has 1 aliphatic heterocycles. The molecule has 1 amide bonds. The van der Waals surface area contributed by atoms with Crippen LogP contribution in [0.3, 0.4) is 0 Å². The summed E-state index contributed by atoms with van der Waals surface area (Å²) >= 11 is 0. The molecule has 1 saturated heterocycles. The van der Waals surface area contributed by atoms with Crippen LogP contribution in [0.15, 0.2) is 24.3 Å². The first-order valence-corrected chi connectivity index (χ1v) is 7.42. The lowest BCUT2D eigenvalue weighted by molar-refractivity contribution is -0.130. The minimum atomic E-state index is -0.0382. The van der Waals surface area contributed by atoms with Crippen molar-refractivity contribution in [1.82, 2.24) is 10.2 Å². The second kappa shape index (κ2) is 6.35. The molecule has 2 rings (SSSR count). The summed E-state index contributed by atoms with van der Waals surface area (Å²) in [6, 6.07) is 7.21. The van der Waals surface area contributed by atoms with Gasteiger partial charge in [0.2, 0.25) is 5.91 Å². The number of amides is 1. The van der Waals surface area contributed by atoms with Gasteiger partial charge in [-0.05, 0) is 45.0 Å². The maximum absolute atomic E-state index is 12.1. The molecule has 1 aromatic carbocycles. The Morgan fingerprint density at radius 3 is 2.24 bits per heavy atom. The van der Waals surface area contributed by atoms with Gasteiger partial charge in [-0.25, -0.2) is 0 Å². The molecule has 0 radical (unpaired) electrons. The molecule has 5 heteroatoms. The number of rotatable bonds is 3. The summed E-state index contributed by atoms with van der Waals surface area (Å²) in [7, 11) is 0. The van der Waals surface area contributed by atoms with Gasteiger partial charge in [0.25, 0.3) is 0 Å². The van der Waals surface area contributed by atoms with E-state index in [0.717, 1.165) is 31.9 Å². The van der Waals surface area contributed by atoms with Crippen molar-refractivity contribution in [1.29, 1.82) is 0 Å². The predicted molar refractivity (Wildman–Crippen MR) is 84.7 cm³/mol. The van der Waals surface area contributed by atoms with Crippen LogP contribution in [0, 0.1) is 0 Å². The number of phenolic OH excluding ortho intramolecular Hbond substituents is 1. The van der Waals surface area contributed by atoms with Crippen LogP contribution in [0.4, 0.5) is 5.69 Å². The molecule has 0 aliphatic carbocycles. The van der Waals surface area contributed by atoms with Gasteiger partial charge in [0.05, 0.1) is 6.54 Å². The third-order valence-corrected chi connectivity index (χ3v) is 3.62. The van der Waals surface area contributed by atoms with Gasteiger partial charge in [0.1, 0.15) is 5.75 Å². The van der Waals surface area contributed by atoms with Crippen molar-refractivity contribution in [3.8, 4) is 5.75 Å². The highest BCUT2D eigenvalue weighted by Gasteiger charge is 2.22. The Morgan fingerprint density at radius 1 is 1.14 bits per heavy atom. The molecule has 0 aromatic heterocycles. The Morgan fingerprint density at radius 2 is 1.71 bits per heavy atom. The first-order valence-electron chi connectivity index (χ1n) is 7.42. The van der Waals surface area contributed by atoms with Crippen LogP contribution in [0.1, 0.15) is 20.8 Å². The zero-order valence-electron chi connectivity index (χ0n) is 13.1. The molecule has 116 valence electrons. The van der Waals surface area contributed by atoms with E-state index in [2.05, 4.69) is 31.0 Å². The summed E-state index contributed by atoms with van der Waals surface area (Å²) in [5, 5.41) is 12.6. The van der Waals surface area contributed by atoms with Crippen LogP contribution < -0.4 is 10.2 Å². The van der Waals surface area contributed by atoms with E-state index in [-0.39, 0.29) is 17.2 Å². The Balaban J connectivity index is 1.82. The van der Waals surface area contributed by atoms with Gasteiger partial charge < -0.3 is 20.2 Å². The number of carbonyl (C=O) groups is 1. The number of anilines is 1. The van der Waals surface area contributed by atoms with E-state index in [1.165, 1.54) is 0 Å². The summed E-state index contributed by atoms with van der Waals surface area (Å²) in [6.07, 6.45) is 0. The highest BCUT2D eigenvalue weighted by Crippen LogP contribution is 2.19. The number of nitrogens with zero attached hydrogens (tertiary/aromatic N) is 2. The Labute approximate surface area is 126 Å². The van der Waals surface area contributed by atoms with Crippen LogP contribution in [-0.4, -0.2) is 54.2 Å². The lowest BCUT2D eigenvalue weighted by atomic mass is 10.1. The summed E-state index contributed by atoms with van der Waals surface area (Å²) < 4.78 is 0. The van der Waals surface area contributed by atoms with Gasteiger partial charge in [-0.1, -0.05) is 0 Å². The smallest absolute Gasteiger partial charge is 0.236 e. The van der Waals surface area contributed by atoms with Gasteiger partial charge in [0, 0.05) is 37.4 Å². The molecule has 1 aromatic rings. The van der Waals surface area contributed by atoms with E-state index in [1.807, 2.05) is 17.0 Å². The lowest BCUT2D eigenvalue weighted by Crippen LogP contribution is -2.52. The number of piperazine rings is 1. The fourth-order valence-corrected chi connectivity index (χ4v) is 2.33. The maximum Gasteiger partial charge on any atom is 0.236 e. The van der Waals surface area contributed by atoms with Crippen LogP contribution in [0.5, 0.6) is 5.75 Å². The zero-order chi connectivity index (χ0) is 15.5. The first-order chi connectivity index (χ1) is 9.85. The topological polar surface area (TPSA) is 55.8 Å². The summed E-state index contributed by atoms with van der Waals surface area (Å²) in [4.78, 5) is 16.3. The fourth-order valence-electron chi connectivity index (χ4n) is 2.33. The highest BCUT2D eigenvalue weighted by molar-refractivity contribution is 5.78. The van der Waals surface area contributed by atoms with Gasteiger partial charge in [-0.3, -0.25) is 4.79 Å². The minimum absolute atomic E-state index is 0.0382. The zero-order valence-corrected chi connectivity index (χ0v) is 13.1. The van der Waals surface area contributed by atoms with Crippen molar-refractivity contribution in [3.63, 3.8) is 0 Å². The number of hydrogen-bond donors (Lipinski definition) is 2. The molecule has 0 saturated carbocycles. The number of hydrogen-bond acceptors (Lipinski definition) is 4. The van der Waals surface area contributed by atoms with Crippen LogP contribution in [-0.2, 0) is 4.79 Å². The average molecular weight is 291 g/mol. The molecule has 0 atom stereocenters. The molecule has 1 fully saturated rings. The van der Waals surface area contributed by atoms with Gasteiger partial charge >= 0.3 is 0 Å². The largest absolute Gasteiger partial charge is 0.508 e. The predicted octanol–water partition coefficient (Wildman–Crippen LogP) is 1.43. The Kier molecular flexibility index (Phi) is 4.73. The van der Waals surface area contributed by atoms with Crippen molar-refractivity contribution in [2.75, 3.05) is 37.6 Å². The molecular formula is C16H25N3O2. The van der Waals surface area contributed by atoms with Crippen LogP contribution in [0.2, 0.25) is 0 Å². The Hall–Kier alpha value is -1.75. The van der Waals surface area contributed by atoms with Crippen molar-refractivity contribution in [2.45, 2.75) is 26.3 Å². The van der Waals surface area contributed by atoms with Crippen molar-refractivity contribution in [2.24, 2.45) is 0 Å². The number of nitrogens with one attached hydrogen (secondary N) is 1. The molecule has 1 aliphatic rings. The molecule has 5 nitrogen and oxygen atoms in total. The molecular weight excluding hydrogens is 266 g/mol. The van der Waals surface area contributed by atoms with E-state index >= 15 is 0 Å². The molecule has 0 bridgehead atoms. The van der Waals surface area contributed by atoms with E-state index in [4.69, 9.17) is 0 Å². The lowest BCUT2D eigenvalue weighted by Gasteiger charge is -2.36. The normalized spacial score (nSPS) is 16.1. The molecule has 21 heavy (non-hydrogen) atoms. The summed E-state index contributed by atoms with van der Waals surface area (Å²) in [6.45, 7) is 9.70. The van der Waals surface area contributed by atoms with E-state index in [0.29, 0.717) is 6.54 Å². The molecule has 1 heterocycles. The molecule has 2 N–H and O–H groups in total. The standard InChI is InChI=1S/C16H25N3O2/c1-16(2,3)17-12-15(21)19-10-8-18(9-11-19)13-4-6-14(20)7-5-13/h4-7,17,20H,8-12H2,1-3H3. The van der Waals surface area contributed by atoms with E-state index in [1.54, 1.807) is 12.1 Å². The number of carbonyl (C=O) groups excluding carboxylic acids is 1. The first kappa shape index (κ1) is 15.6. The quantitative estimate of drug-likeness (QED) is 0.884. The third-order valence-electron chi connectivity index (χ3n) is 3.62. The van der Waals surface area contributed by atoms with Gasteiger partial charge in [0.15, 0.2) is 0 Å². The van der Waals surface area contributed by atoms with Crippen molar-refractivity contribution >= 4 is 11.6 Å². The highest BCUT2D eigenvalue weighted by atomic mass is 16.3. The van der Waals surface area contributed by atoms with Gasteiger partial charge in [-0.15, -0.1) is 0 Å². The van der Waals surface area contributed by atoms with Gasteiger partial charge in [-0.2, -0.15) is 0 Å². The second-order valence-corrected chi connectivity index (χ2v) is 6.49. The van der Waals surface area contributed by atoms with E-state index in [9.17, 15) is 9.90 Å². The Bertz CT molecular complexity index is 471.